The molecule has 25 heavy (non-hydrogen) atoms. The Morgan fingerprint density at radius 1 is 1.16 bits per heavy atom. The van der Waals surface area contributed by atoms with Gasteiger partial charge in [0.1, 0.15) is 0 Å². The largest absolute Gasteiger partial charge is 0.460 e. The van der Waals surface area contributed by atoms with Gasteiger partial charge in [0.15, 0.2) is 0 Å². The first-order valence-corrected chi connectivity index (χ1v) is 8.74. The topological polar surface area (TPSA) is 55.8 Å². The van der Waals surface area contributed by atoms with Crippen molar-refractivity contribution in [3.05, 3.63) is 52.7 Å². The predicted octanol–water partition coefficient (Wildman–Crippen LogP) is 2.58. The summed E-state index contributed by atoms with van der Waals surface area (Å²) in [5, 5.41) is 0. The van der Waals surface area contributed by atoms with Crippen LogP contribution in [0.1, 0.15) is 25.3 Å². The maximum atomic E-state index is 12.6. The first-order valence-electron chi connectivity index (χ1n) is 8.74. The monoisotopic (exact) mass is 341 g/mol. The molecule has 1 heterocycles. The molecule has 3 rings (SSSR count). The Labute approximate surface area is 147 Å². The highest BCUT2D eigenvalue weighted by molar-refractivity contribution is 6.40. The molecule has 0 atom stereocenters. The zero-order valence-corrected chi connectivity index (χ0v) is 14.5. The molecule has 0 aromatic heterocycles. The van der Waals surface area contributed by atoms with Crippen molar-refractivity contribution in [2.75, 3.05) is 32.9 Å². The Balaban J connectivity index is 1.97. The standard InChI is InChI=1S/C20H23NO4/c1-2-25-20(23)19(22)17-9-8-16(14-15-6-4-3-5-7-15)18(17)21-10-12-24-13-11-21/h3-7,14H,2,8-13H2,1H3/b16-14-. The summed E-state index contributed by atoms with van der Waals surface area (Å²) in [4.78, 5) is 26.7. The lowest BCUT2D eigenvalue weighted by Gasteiger charge is -2.31. The number of morpholine rings is 1. The summed E-state index contributed by atoms with van der Waals surface area (Å²) in [6.45, 7) is 4.61. The molecule has 0 N–H and O–H groups in total. The number of ether oxygens (including phenoxy) is 2. The second kappa shape index (κ2) is 8.12. The Hall–Kier alpha value is -2.40. The lowest BCUT2D eigenvalue weighted by molar-refractivity contribution is -0.151. The van der Waals surface area contributed by atoms with E-state index in [4.69, 9.17) is 9.47 Å². The van der Waals surface area contributed by atoms with Crippen LogP contribution < -0.4 is 0 Å². The zero-order valence-electron chi connectivity index (χ0n) is 14.5. The molecule has 1 fully saturated rings. The van der Waals surface area contributed by atoms with E-state index in [1.165, 1.54) is 0 Å². The zero-order chi connectivity index (χ0) is 17.6. The molecule has 0 spiro atoms. The molecule has 0 amide bonds. The minimum Gasteiger partial charge on any atom is -0.460 e. The quantitative estimate of drug-likeness (QED) is 0.609. The van der Waals surface area contributed by atoms with Crippen LogP contribution in [0, 0.1) is 0 Å². The average Bonchev–Trinajstić information content (AvgIpc) is 3.06. The van der Waals surface area contributed by atoms with Crippen LogP contribution in [0.4, 0.5) is 0 Å². The van der Waals surface area contributed by atoms with Crippen molar-refractivity contribution in [1.82, 2.24) is 4.90 Å². The van der Waals surface area contributed by atoms with Crippen molar-refractivity contribution >= 4 is 17.8 Å². The van der Waals surface area contributed by atoms with Gasteiger partial charge in [-0.3, -0.25) is 4.79 Å². The molecule has 5 heteroatoms. The molecule has 2 aliphatic rings. The van der Waals surface area contributed by atoms with Gasteiger partial charge in [0.05, 0.1) is 19.8 Å². The van der Waals surface area contributed by atoms with E-state index in [2.05, 4.69) is 11.0 Å². The number of hydrogen-bond donors (Lipinski definition) is 0. The van der Waals surface area contributed by atoms with E-state index >= 15 is 0 Å². The van der Waals surface area contributed by atoms with Gasteiger partial charge in [0.25, 0.3) is 5.78 Å². The molecular weight excluding hydrogens is 318 g/mol. The molecule has 0 bridgehead atoms. The van der Waals surface area contributed by atoms with Gasteiger partial charge >= 0.3 is 5.97 Å². The van der Waals surface area contributed by atoms with Gasteiger partial charge in [-0.2, -0.15) is 0 Å². The number of allylic oxidation sites excluding steroid dienone is 1. The number of carbonyl (C=O) groups is 2. The third-order valence-corrected chi connectivity index (χ3v) is 4.44. The summed E-state index contributed by atoms with van der Waals surface area (Å²) < 4.78 is 10.4. The number of carbonyl (C=O) groups excluding carboxylic acids is 2. The van der Waals surface area contributed by atoms with Crippen molar-refractivity contribution in [1.29, 1.82) is 0 Å². The smallest absolute Gasteiger partial charge is 0.379 e. The minimum absolute atomic E-state index is 0.206. The second-order valence-corrected chi connectivity index (χ2v) is 6.06. The molecule has 0 unspecified atom stereocenters. The van der Waals surface area contributed by atoms with Crippen LogP contribution in [0.3, 0.4) is 0 Å². The lowest BCUT2D eigenvalue weighted by Crippen LogP contribution is -2.37. The summed E-state index contributed by atoms with van der Waals surface area (Å²) >= 11 is 0. The number of benzene rings is 1. The first-order chi connectivity index (χ1) is 12.2. The Morgan fingerprint density at radius 3 is 2.56 bits per heavy atom. The first kappa shape index (κ1) is 17.4. The minimum atomic E-state index is -0.760. The summed E-state index contributed by atoms with van der Waals surface area (Å²) in [5.74, 6) is -1.27. The molecule has 0 saturated carbocycles. The molecule has 1 aromatic carbocycles. The van der Waals surface area contributed by atoms with Gasteiger partial charge in [-0.1, -0.05) is 30.3 Å². The third kappa shape index (κ3) is 3.99. The fraction of sp³-hybridized carbons (Fsp3) is 0.400. The van der Waals surface area contributed by atoms with Gasteiger partial charge < -0.3 is 14.4 Å². The van der Waals surface area contributed by atoms with Gasteiger partial charge in [-0.25, -0.2) is 4.79 Å². The molecule has 5 nitrogen and oxygen atoms in total. The normalized spacial score (nSPS) is 19.4. The molecule has 1 aromatic rings. The number of rotatable bonds is 5. The van der Waals surface area contributed by atoms with E-state index in [9.17, 15) is 9.59 Å². The summed E-state index contributed by atoms with van der Waals surface area (Å²) in [6, 6.07) is 10.0. The number of Topliss-reactive ketones (excluding diaryl/α,β-unsaturated/α-hetero) is 1. The molecule has 1 aliphatic heterocycles. The van der Waals surface area contributed by atoms with Gasteiger partial charge in [-0.15, -0.1) is 0 Å². The summed E-state index contributed by atoms with van der Waals surface area (Å²) in [6.07, 6.45) is 3.43. The summed E-state index contributed by atoms with van der Waals surface area (Å²) in [5.41, 5.74) is 3.65. The molecule has 132 valence electrons. The van der Waals surface area contributed by atoms with Crippen LogP contribution in [0.5, 0.6) is 0 Å². The fourth-order valence-electron chi connectivity index (χ4n) is 3.30. The van der Waals surface area contributed by atoms with E-state index in [1.807, 2.05) is 30.3 Å². The SMILES string of the molecule is CCOC(=O)C(=O)C1=C(N2CCOCC2)/C(=C\c2ccccc2)CC1. The Kier molecular flexibility index (Phi) is 5.66. The van der Waals surface area contributed by atoms with Crippen molar-refractivity contribution in [3.63, 3.8) is 0 Å². The Morgan fingerprint density at radius 2 is 1.88 bits per heavy atom. The highest BCUT2D eigenvalue weighted by Crippen LogP contribution is 2.36. The van der Waals surface area contributed by atoms with Crippen LogP contribution in [0.25, 0.3) is 6.08 Å². The van der Waals surface area contributed by atoms with Crippen molar-refractivity contribution in [2.45, 2.75) is 19.8 Å². The van der Waals surface area contributed by atoms with Crippen LogP contribution in [-0.4, -0.2) is 49.6 Å². The average molecular weight is 341 g/mol. The molecule has 1 aliphatic carbocycles. The van der Waals surface area contributed by atoms with Crippen LogP contribution >= 0.6 is 0 Å². The van der Waals surface area contributed by atoms with Crippen molar-refractivity contribution in [2.24, 2.45) is 0 Å². The highest BCUT2D eigenvalue weighted by Gasteiger charge is 2.33. The maximum absolute atomic E-state index is 12.6. The van der Waals surface area contributed by atoms with E-state index in [-0.39, 0.29) is 6.61 Å². The van der Waals surface area contributed by atoms with E-state index in [1.54, 1.807) is 6.92 Å². The number of hydrogen-bond acceptors (Lipinski definition) is 5. The van der Waals surface area contributed by atoms with Crippen molar-refractivity contribution in [3.8, 4) is 0 Å². The van der Waals surface area contributed by atoms with Crippen molar-refractivity contribution < 1.29 is 19.1 Å². The van der Waals surface area contributed by atoms with Gasteiger partial charge in [0.2, 0.25) is 0 Å². The van der Waals surface area contributed by atoms with E-state index in [0.29, 0.717) is 25.2 Å². The second-order valence-electron chi connectivity index (χ2n) is 6.06. The number of nitrogens with zero attached hydrogens (tertiary/aromatic N) is 1. The molecule has 1 saturated heterocycles. The lowest BCUT2D eigenvalue weighted by atomic mass is 10.1. The van der Waals surface area contributed by atoms with E-state index in [0.717, 1.165) is 36.3 Å². The highest BCUT2D eigenvalue weighted by atomic mass is 16.5. The van der Waals surface area contributed by atoms with Crippen LogP contribution in [0.15, 0.2) is 47.2 Å². The van der Waals surface area contributed by atoms with Crippen LogP contribution in [-0.2, 0) is 19.1 Å². The summed E-state index contributed by atoms with van der Waals surface area (Å²) in [7, 11) is 0. The van der Waals surface area contributed by atoms with Gasteiger partial charge in [-0.05, 0) is 37.0 Å². The fourth-order valence-corrected chi connectivity index (χ4v) is 3.30. The predicted molar refractivity (Wildman–Crippen MR) is 94.7 cm³/mol. The van der Waals surface area contributed by atoms with E-state index < -0.39 is 11.8 Å². The number of ketones is 1. The molecule has 0 radical (unpaired) electrons. The third-order valence-electron chi connectivity index (χ3n) is 4.44. The number of esters is 1. The molecular formula is C20H23NO4. The maximum Gasteiger partial charge on any atom is 0.379 e. The van der Waals surface area contributed by atoms with Gasteiger partial charge in [0, 0.05) is 24.4 Å². The van der Waals surface area contributed by atoms with Crippen LogP contribution in [0.2, 0.25) is 0 Å². The Bertz CT molecular complexity index is 700.